The van der Waals surface area contributed by atoms with Crippen molar-refractivity contribution in [2.24, 2.45) is 17.8 Å². The van der Waals surface area contributed by atoms with Gasteiger partial charge in [-0.15, -0.1) is 0 Å². The van der Waals surface area contributed by atoms with Gasteiger partial charge in [-0.3, -0.25) is 0 Å². The third-order valence-electron chi connectivity index (χ3n) is 6.84. The van der Waals surface area contributed by atoms with E-state index in [4.69, 9.17) is 11.6 Å². The lowest BCUT2D eigenvalue weighted by atomic mass is 9.53. The number of halogens is 1. The fraction of sp³-hybridized carbons (Fsp3) is 0.476. The van der Waals surface area contributed by atoms with E-state index in [0.717, 1.165) is 40.3 Å². The van der Waals surface area contributed by atoms with Crippen LogP contribution in [0.3, 0.4) is 0 Å². The summed E-state index contributed by atoms with van der Waals surface area (Å²) in [6, 6.07) is 7.70. The third-order valence-corrected chi connectivity index (χ3v) is 7.08. The average Bonchev–Trinajstić information content (AvgIpc) is 3.05. The molecule has 0 amide bonds. The van der Waals surface area contributed by atoms with Crippen LogP contribution in [-0.4, -0.2) is 25.3 Å². The van der Waals surface area contributed by atoms with Gasteiger partial charge in [0.2, 0.25) is 0 Å². The fourth-order valence-corrected chi connectivity index (χ4v) is 6.44. The molecule has 7 rings (SSSR count). The van der Waals surface area contributed by atoms with Gasteiger partial charge in [-0.2, -0.15) is 5.10 Å². The van der Waals surface area contributed by atoms with E-state index < -0.39 is 0 Å². The second kappa shape index (κ2) is 5.68. The van der Waals surface area contributed by atoms with E-state index >= 15 is 0 Å². The van der Waals surface area contributed by atoms with Crippen LogP contribution in [0.15, 0.2) is 36.8 Å². The highest BCUT2D eigenvalue weighted by atomic mass is 35.5. The van der Waals surface area contributed by atoms with E-state index in [1.54, 1.807) is 6.33 Å². The molecule has 5 nitrogen and oxygen atoms in total. The molecule has 0 radical (unpaired) electrons. The van der Waals surface area contributed by atoms with Gasteiger partial charge in [-0.05, 0) is 74.5 Å². The van der Waals surface area contributed by atoms with Crippen LogP contribution in [0.25, 0.3) is 16.7 Å². The Bertz CT molecular complexity index is 991. The normalized spacial score (nSPS) is 31.5. The summed E-state index contributed by atoms with van der Waals surface area (Å²) in [7, 11) is 0. The van der Waals surface area contributed by atoms with E-state index in [0.29, 0.717) is 5.02 Å². The molecular formula is C21H22ClN5. The molecule has 3 aromatic rings. The Morgan fingerprint density at radius 3 is 2.48 bits per heavy atom. The molecule has 4 saturated carbocycles. The van der Waals surface area contributed by atoms with E-state index in [2.05, 4.69) is 20.4 Å². The molecule has 0 spiro atoms. The fourth-order valence-electron chi connectivity index (χ4n) is 6.26. The van der Waals surface area contributed by atoms with Crippen molar-refractivity contribution in [1.29, 1.82) is 0 Å². The quantitative estimate of drug-likeness (QED) is 0.706. The van der Waals surface area contributed by atoms with E-state index in [1.165, 1.54) is 38.5 Å². The first-order valence-electron chi connectivity index (χ1n) is 9.90. The molecule has 1 N–H and O–H groups in total. The van der Waals surface area contributed by atoms with Crippen LogP contribution in [0.5, 0.6) is 0 Å². The highest BCUT2D eigenvalue weighted by Crippen LogP contribution is 2.56. The lowest BCUT2D eigenvalue weighted by molar-refractivity contribution is 0.0106. The predicted molar refractivity (Wildman–Crippen MR) is 106 cm³/mol. The van der Waals surface area contributed by atoms with Crippen molar-refractivity contribution < 1.29 is 0 Å². The number of benzene rings is 1. The molecule has 27 heavy (non-hydrogen) atoms. The first kappa shape index (κ1) is 15.9. The number of rotatable bonds is 3. The Hall–Kier alpha value is -2.14. The van der Waals surface area contributed by atoms with Crippen molar-refractivity contribution in [2.45, 2.75) is 44.1 Å². The van der Waals surface area contributed by atoms with Crippen LogP contribution in [0.4, 0.5) is 5.82 Å². The molecule has 4 aliphatic carbocycles. The molecule has 2 aromatic heterocycles. The topological polar surface area (TPSA) is 55.6 Å². The van der Waals surface area contributed by atoms with Crippen molar-refractivity contribution in [1.82, 2.24) is 19.7 Å². The Balaban J connectivity index is 1.39. The molecule has 138 valence electrons. The lowest BCUT2D eigenvalue weighted by Crippen LogP contribution is -2.54. The van der Waals surface area contributed by atoms with Crippen LogP contribution in [0, 0.1) is 17.8 Å². The van der Waals surface area contributed by atoms with Gasteiger partial charge in [0.05, 0.1) is 17.3 Å². The van der Waals surface area contributed by atoms with Gasteiger partial charge < -0.3 is 5.32 Å². The molecule has 4 aliphatic rings. The lowest BCUT2D eigenvalue weighted by Gasteiger charge is -2.57. The second-order valence-corrected chi connectivity index (χ2v) is 9.26. The van der Waals surface area contributed by atoms with Gasteiger partial charge in [0, 0.05) is 10.6 Å². The molecule has 4 fully saturated rings. The molecule has 2 heterocycles. The maximum absolute atomic E-state index is 6.16. The maximum atomic E-state index is 6.16. The molecule has 4 bridgehead atoms. The number of fused-ring (bicyclic) bond motifs is 1. The number of anilines is 1. The van der Waals surface area contributed by atoms with Crippen molar-refractivity contribution in [3.05, 3.63) is 41.8 Å². The highest BCUT2D eigenvalue weighted by molar-refractivity contribution is 6.30. The van der Waals surface area contributed by atoms with Crippen LogP contribution >= 0.6 is 11.6 Å². The van der Waals surface area contributed by atoms with Gasteiger partial charge in [0.15, 0.2) is 5.65 Å². The standard InChI is InChI=1S/C21H22ClN5/c22-16-2-1-3-17(7-16)27-20-18(11-25-27)19(23-12-24-20)26-21-8-13-4-14(9-21)6-15(5-13)10-21/h1-3,7,11-15H,4-6,8-10H2,(H,23,24,26). The summed E-state index contributed by atoms with van der Waals surface area (Å²) in [6.07, 6.45) is 11.7. The van der Waals surface area contributed by atoms with E-state index in [-0.39, 0.29) is 5.54 Å². The highest BCUT2D eigenvalue weighted by Gasteiger charge is 2.51. The zero-order chi connectivity index (χ0) is 18.0. The van der Waals surface area contributed by atoms with Gasteiger partial charge in [0.1, 0.15) is 12.1 Å². The second-order valence-electron chi connectivity index (χ2n) is 8.82. The summed E-state index contributed by atoms with van der Waals surface area (Å²) in [4.78, 5) is 9.11. The van der Waals surface area contributed by atoms with Gasteiger partial charge in [0.25, 0.3) is 0 Å². The van der Waals surface area contributed by atoms with Crippen molar-refractivity contribution >= 4 is 28.5 Å². The summed E-state index contributed by atoms with van der Waals surface area (Å²) in [6.45, 7) is 0. The number of nitrogens with zero attached hydrogens (tertiary/aromatic N) is 4. The molecule has 6 heteroatoms. The number of aromatic nitrogens is 4. The molecule has 0 aliphatic heterocycles. The Morgan fingerprint density at radius 2 is 1.78 bits per heavy atom. The average molecular weight is 380 g/mol. The first-order chi connectivity index (χ1) is 13.2. The van der Waals surface area contributed by atoms with Gasteiger partial charge >= 0.3 is 0 Å². The van der Waals surface area contributed by atoms with Crippen molar-refractivity contribution in [3.63, 3.8) is 0 Å². The predicted octanol–water partition coefficient (Wildman–Crippen LogP) is 4.85. The van der Waals surface area contributed by atoms with Crippen LogP contribution in [-0.2, 0) is 0 Å². The SMILES string of the molecule is Clc1cccc(-n2ncc3c(NC45CC6CC(CC(C6)C4)C5)ncnc32)c1. The smallest absolute Gasteiger partial charge is 0.168 e. The monoisotopic (exact) mass is 379 g/mol. The molecular weight excluding hydrogens is 358 g/mol. The van der Waals surface area contributed by atoms with Crippen LogP contribution in [0.1, 0.15) is 38.5 Å². The van der Waals surface area contributed by atoms with Crippen molar-refractivity contribution in [3.8, 4) is 5.69 Å². The minimum Gasteiger partial charge on any atom is -0.364 e. The minimum atomic E-state index is 0.216. The summed E-state index contributed by atoms with van der Waals surface area (Å²) >= 11 is 6.16. The zero-order valence-corrected chi connectivity index (χ0v) is 15.9. The zero-order valence-electron chi connectivity index (χ0n) is 15.1. The van der Waals surface area contributed by atoms with E-state index in [1.807, 2.05) is 35.1 Å². The van der Waals surface area contributed by atoms with Crippen LogP contribution in [0.2, 0.25) is 5.02 Å². The largest absolute Gasteiger partial charge is 0.364 e. The summed E-state index contributed by atoms with van der Waals surface area (Å²) in [5.41, 5.74) is 1.95. The van der Waals surface area contributed by atoms with E-state index in [9.17, 15) is 0 Å². The van der Waals surface area contributed by atoms with Gasteiger partial charge in [-0.25, -0.2) is 14.6 Å². The Labute approximate surface area is 163 Å². The minimum absolute atomic E-state index is 0.216. The summed E-state index contributed by atoms with van der Waals surface area (Å²) < 4.78 is 1.84. The van der Waals surface area contributed by atoms with Gasteiger partial charge in [-0.1, -0.05) is 17.7 Å². The number of nitrogens with one attached hydrogen (secondary N) is 1. The summed E-state index contributed by atoms with van der Waals surface area (Å²) in [5.74, 6) is 3.62. The first-order valence-corrected chi connectivity index (χ1v) is 10.3. The third kappa shape index (κ3) is 2.55. The number of hydrogen-bond acceptors (Lipinski definition) is 4. The Kier molecular flexibility index (Phi) is 3.34. The van der Waals surface area contributed by atoms with Crippen molar-refractivity contribution in [2.75, 3.05) is 5.32 Å². The maximum Gasteiger partial charge on any atom is 0.168 e. The summed E-state index contributed by atoms with van der Waals surface area (Å²) in [5, 5.41) is 10.1. The molecule has 0 saturated heterocycles. The molecule has 0 atom stereocenters. The van der Waals surface area contributed by atoms with Crippen LogP contribution < -0.4 is 5.32 Å². The Morgan fingerprint density at radius 1 is 1.04 bits per heavy atom. The molecule has 1 aromatic carbocycles. The molecule has 0 unspecified atom stereocenters. The number of hydrogen-bond donors (Lipinski definition) is 1.